The SMILES string of the molecule is COC(Oc1ccccc1)(C(C)(C)C)C(C)(C)C. The molecule has 0 heterocycles. The van der Waals surface area contributed by atoms with Gasteiger partial charge in [0.25, 0.3) is 0 Å². The lowest BCUT2D eigenvalue weighted by Gasteiger charge is -2.51. The maximum Gasteiger partial charge on any atom is 0.219 e. The van der Waals surface area contributed by atoms with Gasteiger partial charge in [-0.25, -0.2) is 0 Å². The van der Waals surface area contributed by atoms with Crippen molar-refractivity contribution in [2.75, 3.05) is 7.11 Å². The van der Waals surface area contributed by atoms with Crippen LogP contribution in [0.3, 0.4) is 0 Å². The summed E-state index contributed by atoms with van der Waals surface area (Å²) < 4.78 is 12.1. The summed E-state index contributed by atoms with van der Waals surface area (Å²) in [5, 5.41) is 0. The Morgan fingerprint density at radius 1 is 0.778 bits per heavy atom. The lowest BCUT2D eigenvalue weighted by atomic mass is 9.70. The minimum Gasteiger partial charge on any atom is -0.461 e. The van der Waals surface area contributed by atoms with E-state index < -0.39 is 5.79 Å². The van der Waals surface area contributed by atoms with Gasteiger partial charge in [0.1, 0.15) is 5.75 Å². The highest BCUT2D eigenvalue weighted by Crippen LogP contribution is 2.47. The Bertz CT molecular complexity index is 354. The first-order valence-corrected chi connectivity index (χ1v) is 6.43. The molecule has 0 unspecified atom stereocenters. The Morgan fingerprint density at radius 2 is 1.22 bits per heavy atom. The van der Waals surface area contributed by atoms with Crippen molar-refractivity contribution in [3.63, 3.8) is 0 Å². The quantitative estimate of drug-likeness (QED) is 0.735. The molecule has 1 aromatic carbocycles. The zero-order valence-corrected chi connectivity index (χ0v) is 12.7. The van der Waals surface area contributed by atoms with E-state index in [1.807, 2.05) is 30.3 Å². The Hall–Kier alpha value is -1.02. The van der Waals surface area contributed by atoms with Crippen LogP contribution in [0.1, 0.15) is 41.5 Å². The summed E-state index contributed by atoms with van der Waals surface area (Å²) in [7, 11) is 1.72. The first-order valence-electron chi connectivity index (χ1n) is 6.43. The van der Waals surface area contributed by atoms with Crippen molar-refractivity contribution in [2.45, 2.75) is 47.3 Å². The summed E-state index contributed by atoms with van der Waals surface area (Å²) in [6.45, 7) is 12.9. The Balaban J connectivity index is 3.21. The van der Waals surface area contributed by atoms with Gasteiger partial charge in [-0.05, 0) is 12.1 Å². The first kappa shape index (κ1) is 15.0. The van der Waals surface area contributed by atoms with Gasteiger partial charge in [-0.3, -0.25) is 0 Å². The molecule has 0 N–H and O–H groups in total. The van der Waals surface area contributed by atoms with Crippen molar-refractivity contribution in [1.29, 1.82) is 0 Å². The number of hydrogen-bond donors (Lipinski definition) is 0. The molecule has 0 radical (unpaired) electrons. The number of para-hydroxylation sites is 1. The van der Waals surface area contributed by atoms with Crippen LogP contribution < -0.4 is 4.74 Å². The van der Waals surface area contributed by atoms with E-state index in [2.05, 4.69) is 41.5 Å². The lowest BCUT2D eigenvalue weighted by molar-refractivity contribution is -0.283. The predicted molar refractivity (Wildman–Crippen MR) is 75.7 cm³/mol. The molecule has 0 aliphatic rings. The van der Waals surface area contributed by atoms with Gasteiger partial charge in [0, 0.05) is 17.9 Å². The predicted octanol–water partition coefficient (Wildman–Crippen LogP) is 4.50. The smallest absolute Gasteiger partial charge is 0.219 e. The second-order valence-corrected chi connectivity index (χ2v) is 6.74. The summed E-state index contributed by atoms with van der Waals surface area (Å²) in [5.41, 5.74) is -0.286. The molecule has 0 spiro atoms. The molecule has 0 amide bonds. The fourth-order valence-corrected chi connectivity index (χ4v) is 2.74. The Morgan fingerprint density at radius 3 is 1.56 bits per heavy atom. The van der Waals surface area contributed by atoms with Crippen molar-refractivity contribution in [3.05, 3.63) is 30.3 Å². The lowest BCUT2D eigenvalue weighted by Crippen LogP contribution is -2.59. The fourth-order valence-electron chi connectivity index (χ4n) is 2.74. The van der Waals surface area contributed by atoms with Crippen molar-refractivity contribution >= 4 is 0 Å². The third-order valence-corrected chi connectivity index (χ3v) is 3.27. The molecule has 2 nitrogen and oxygen atoms in total. The standard InChI is InChI=1S/C16H26O2/c1-14(2,3)16(17-7,15(4,5)6)18-13-11-9-8-10-12-13/h8-12H,1-7H3. The monoisotopic (exact) mass is 250 g/mol. The van der Waals surface area contributed by atoms with Crippen LogP contribution in [0.25, 0.3) is 0 Å². The second kappa shape index (κ2) is 4.93. The van der Waals surface area contributed by atoms with Crippen LogP contribution in [0.15, 0.2) is 30.3 Å². The fraction of sp³-hybridized carbons (Fsp3) is 0.625. The largest absolute Gasteiger partial charge is 0.461 e. The highest BCUT2D eigenvalue weighted by molar-refractivity contribution is 5.22. The van der Waals surface area contributed by atoms with Gasteiger partial charge in [-0.2, -0.15) is 0 Å². The van der Waals surface area contributed by atoms with Crippen molar-refractivity contribution in [3.8, 4) is 5.75 Å². The molecule has 0 saturated heterocycles. The molecule has 18 heavy (non-hydrogen) atoms. The molecule has 0 aliphatic heterocycles. The van der Waals surface area contributed by atoms with Gasteiger partial charge in [-0.15, -0.1) is 0 Å². The van der Waals surface area contributed by atoms with Gasteiger partial charge in [0.05, 0.1) is 0 Å². The third kappa shape index (κ3) is 2.69. The van der Waals surface area contributed by atoms with E-state index in [-0.39, 0.29) is 10.8 Å². The van der Waals surface area contributed by atoms with Gasteiger partial charge < -0.3 is 9.47 Å². The molecule has 0 saturated carbocycles. The molecule has 2 heteroatoms. The number of methoxy groups -OCH3 is 1. The maximum absolute atomic E-state index is 6.26. The zero-order valence-electron chi connectivity index (χ0n) is 12.7. The molecular formula is C16H26O2. The summed E-state index contributed by atoms with van der Waals surface area (Å²) in [6, 6.07) is 9.86. The van der Waals surface area contributed by atoms with E-state index in [9.17, 15) is 0 Å². The van der Waals surface area contributed by atoms with E-state index in [0.29, 0.717) is 0 Å². The number of hydrogen-bond acceptors (Lipinski definition) is 2. The number of ether oxygens (including phenoxy) is 2. The van der Waals surface area contributed by atoms with Crippen LogP contribution in [0.4, 0.5) is 0 Å². The Kier molecular flexibility index (Phi) is 4.12. The first-order chi connectivity index (χ1) is 8.14. The molecular weight excluding hydrogens is 224 g/mol. The summed E-state index contributed by atoms with van der Waals surface area (Å²) >= 11 is 0. The molecule has 0 aliphatic carbocycles. The second-order valence-electron chi connectivity index (χ2n) is 6.74. The summed E-state index contributed by atoms with van der Waals surface area (Å²) in [4.78, 5) is 0. The summed E-state index contributed by atoms with van der Waals surface area (Å²) in [5.74, 6) is 0.158. The van der Waals surface area contributed by atoms with Gasteiger partial charge in [0.15, 0.2) is 0 Å². The van der Waals surface area contributed by atoms with Crippen LogP contribution in [0.5, 0.6) is 5.75 Å². The highest BCUT2D eigenvalue weighted by Gasteiger charge is 2.54. The van der Waals surface area contributed by atoms with E-state index >= 15 is 0 Å². The van der Waals surface area contributed by atoms with E-state index in [1.165, 1.54) is 0 Å². The molecule has 0 aromatic heterocycles. The van der Waals surface area contributed by atoms with E-state index in [4.69, 9.17) is 9.47 Å². The van der Waals surface area contributed by atoms with E-state index in [1.54, 1.807) is 7.11 Å². The van der Waals surface area contributed by atoms with Gasteiger partial charge in [0.2, 0.25) is 5.79 Å². The average Bonchev–Trinajstić information content (AvgIpc) is 2.23. The normalized spacial score (nSPS) is 13.5. The third-order valence-electron chi connectivity index (χ3n) is 3.27. The van der Waals surface area contributed by atoms with E-state index in [0.717, 1.165) is 5.75 Å². The molecule has 0 bridgehead atoms. The minimum atomic E-state index is -0.679. The van der Waals surface area contributed by atoms with Crippen LogP contribution in [0, 0.1) is 10.8 Å². The van der Waals surface area contributed by atoms with Crippen LogP contribution in [-0.4, -0.2) is 12.9 Å². The van der Waals surface area contributed by atoms with Crippen molar-refractivity contribution < 1.29 is 9.47 Å². The highest BCUT2D eigenvalue weighted by atomic mass is 16.7. The molecule has 0 atom stereocenters. The topological polar surface area (TPSA) is 18.5 Å². The van der Waals surface area contributed by atoms with Crippen molar-refractivity contribution in [2.24, 2.45) is 10.8 Å². The molecule has 1 rings (SSSR count). The maximum atomic E-state index is 6.26. The van der Waals surface area contributed by atoms with Gasteiger partial charge in [-0.1, -0.05) is 59.7 Å². The van der Waals surface area contributed by atoms with Crippen LogP contribution >= 0.6 is 0 Å². The van der Waals surface area contributed by atoms with Crippen molar-refractivity contribution in [1.82, 2.24) is 0 Å². The zero-order chi connectivity index (χ0) is 14.0. The summed E-state index contributed by atoms with van der Waals surface area (Å²) in [6.07, 6.45) is 0. The minimum absolute atomic E-state index is 0.143. The molecule has 0 fully saturated rings. The van der Waals surface area contributed by atoms with Crippen LogP contribution in [-0.2, 0) is 4.74 Å². The van der Waals surface area contributed by atoms with Gasteiger partial charge >= 0.3 is 0 Å². The average molecular weight is 250 g/mol. The number of rotatable bonds is 3. The molecule has 102 valence electrons. The molecule has 1 aromatic rings. The number of benzene rings is 1. The Labute approximate surface area is 111 Å². The van der Waals surface area contributed by atoms with Crippen LogP contribution in [0.2, 0.25) is 0 Å².